The highest BCUT2D eigenvalue weighted by Crippen LogP contribution is 2.37. The third-order valence-corrected chi connectivity index (χ3v) is 3.62. The highest BCUT2D eigenvalue weighted by Gasteiger charge is 2.33. The zero-order chi connectivity index (χ0) is 15.6. The topological polar surface area (TPSA) is 42.7 Å². The van der Waals surface area contributed by atoms with Crippen molar-refractivity contribution in [3.63, 3.8) is 0 Å². The zero-order valence-electron chi connectivity index (χ0n) is 11.5. The van der Waals surface area contributed by atoms with Gasteiger partial charge in [-0.3, -0.25) is 4.57 Å². The highest BCUT2D eigenvalue weighted by atomic mass is 79.9. The fourth-order valence-corrected chi connectivity index (χ4v) is 2.46. The van der Waals surface area contributed by atoms with Gasteiger partial charge in [0.05, 0.1) is 5.56 Å². The van der Waals surface area contributed by atoms with Crippen LogP contribution in [0.1, 0.15) is 19.4 Å². The van der Waals surface area contributed by atoms with E-state index in [1.54, 1.807) is 10.6 Å². The Labute approximate surface area is 128 Å². The van der Waals surface area contributed by atoms with Crippen molar-refractivity contribution in [2.75, 3.05) is 11.9 Å². The van der Waals surface area contributed by atoms with Gasteiger partial charge in [-0.1, -0.05) is 22.0 Å². The van der Waals surface area contributed by atoms with Gasteiger partial charge in [-0.15, -0.1) is 10.2 Å². The molecule has 1 aromatic heterocycles. The summed E-state index contributed by atoms with van der Waals surface area (Å²) in [5.41, 5.74) is -0.348. The molecule has 114 valence electrons. The molecule has 0 aliphatic rings. The van der Waals surface area contributed by atoms with E-state index in [0.29, 0.717) is 30.4 Å². The molecule has 0 saturated heterocycles. The molecule has 0 amide bonds. The van der Waals surface area contributed by atoms with E-state index in [1.807, 2.05) is 13.8 Å². The first-order valence-corrected chi connectivity index (χ1v) is 7.22. The number of alkyl halides is 3. The van der Waals surface area contributed by atoms with Crippen LogP contribution in [0.3, 0.4) is 0 Å². The lowest BCUT2D eigenvalue weighted by Gasteiger charge is -2.12. The van der Waals surface area contributed by atoms with E-state index >= 15 is 0 Å². The second-order valence-electron chi connectivity index (χ2n) is 4.31. The molecular weight excluding hydrogens is 349 g/mol. The van der Waals surface area contributed by atoms with Crippen molar-refractivity contribution in [3.8, 4) is 11.4 Å². The fraction of sp³-hybridized carbons (Fsp3) is 0.385. The molecule has 0 unspecified atom stereocenters. The molecule has 0 spiro atoms. The molecule has 0 radical (unpaired) electrons. The van der Waals surface area contributed by atoms with Gasteiger partial charge in [0.25, 0.3) is 0 Å². The summed E-state index contributed by atoms with van der Waals surface area (Å²) in [5.74, 6) is 0.956. The predicted molar refractivity (Wildman–Crippen MR) is 78.0 cm³/mol. The van der Waals surface area contributed by atoms with E-state index in [-0.39, 0.29) is 4.47 Å². The molecule has 2 rings (SSSR count). The molecule has 0 fully saturated rings. The number of hydrogen-bond acceptors (Lipinski definition) is 3. The van der Waals surface area contributed by atoms with Crippen molar-refractivity contribution < 1.29 is 13.2 Å². The number of hydrogen-bond donors (Lipinski definition) is 1. The minimum atomic E-state index is -4.42. The van der Waals surface area contributed by atoms with E-state index in [1.165, 1.54) is 6.07 Å². The number of anilines is 1. The largest absolute Gasteiger partial charge is 0.417 e. The van der Waals surface area contributed by atoms with Crippen molar-refractivity contribution in [1.29, 1.82) is 0 Å². The predicted octanol–water partition coefficient (Wildman–Crippen LogP) is 4.18. The van der Waals surface area contributed by atoms with Crippen LogP contribution < -0.4 is 5.32 Å². The molecule has 2 aromatic rings. The zero-order valence-corrected chi connectivity index (χ0v) is 13.1. The average Bonchev–Trinajstić information content (AvgIpc) is 2.81. The number of nitrogens with zero attached hydrogens (tertiary/aromatic N) is 3. The van der Waals surface area contributed by atoms with Crippen LogP contribution in [0.15, 0.2) is 22.7 Å². The summed E-state index contributed by atoms with van der Waals surface area (Å²) < 4.78 is 40.7. The van der Waals surface area contributed by atoms with Gasteiger partial charge in [-0.2, -0.15) is 13.2 Å². The second kappa shape index (κ2) is 6.05. The van der Waals surface area contributed by atoms with Gasteiger partial charge in [0.15, 0.2) is 5.82 Å². The second-order valence-corrected chi connectivity index (χ2v) is 5.17. The van der Waals surface area contributed by atoms with Gasteiger partial charge >= 0.3 is 6.18 Å². The van der Waals surface area contributed by atoms with E-state index in [9.17, 15) is 13.2 Å². The Kier molecular flexibility index (Phi) is 4.55. The molecule has 0 aliphatic carbocycles. The lowest BCUT2D eigenvalue weighted by atomic mass is 10.1. The third-order valence-electron chi connectivity index (χ3n) is 2.93. The number of halogens is 4. The first kappa shape index (κ1) is 15.8. The number of aromatic nitrogens is 3. The number of benzene rings is 1. The molecule has 0 atom stereocenters. The molecule has 4 nitrogen and oxygen atoms in total. The monoisotopic (exact) mass is 362 g/mol. The van der Waals surface area contributed by atoms with Crippen LogP contribution in [0.5, 0.6) is 0 Å². The van der Waals surface area contributed by atoms with Crippen molar-refractivity contribution in [1.82, 2.24) is 14.8 Å². The third kappa shape index (κ3) is 3.20. The first-order valence-electron chi connectivity index (χ1n) is 6.42. The number of nitrogens with one attached hydrogen (secondary N) is 1. The van der Waals surface area contributed by atoms with Gasteiger partial charge in [0, 0.05) is 23.1 Å². The first-order chi connectivity index (χ1) is 9.88. The number of rotatable bonds is 4. The summed E-state index contributed by atoms with van der Waals surface area (Å²) in [6.45, 7) is 5.02. The van der Waals surface area contributed by atoms with Crippen molar-refractivity contribution >= 4 is 21.9 Å². The normalized spacial score (nSPS) is 11.7. The minimum absolute atomic E-state index is 0.00761. The molecule has 0 aliphatic heterocycles. The Balaban J connectivity index is 2.52. The molecule has 1 heterocycles. The maximum absolute atomic E-state index is 13.0. The van der Waals surface area contributed by atoms with Crippen LogP contribution in [0.25, 0.3) is 11.4 Å². The summed E-state index contributed by atoms with van der Waals surface area (Å²) in [5, 5.41) is 11.0. The minimum Gasteiger partial charge on any atom is -0.355 e. The van der Waals surface area contributed by atoms with Gasteiger partial charge in [-0.25, -0.2) is 0 Å². The van der Waals surface area contributed by atoms with Gasteiger partial charge < -0.3 is 5.32 Å². The van der Waals surface area contributed by atoms with Crippen LogP contribution in [-0.4, -0.2) is 21.3 Å². The summed E-state index contributed by atoms with van der Waals surface area (Å²) >= 11 is 2.93. The molecule has 0 bridgehead atoms. The summed E-state index contributed by atoms with van der Waals surface area (Å²) in [7, 11) is 0. The Morgan fingerprint density at radius 2 is 1.95 bits per heavy atom. The molecule has 1 N–H and O–H groups in total. The summed E-state index contributed by atoms with van der Waals surface area (Å²) in [6.07, 6.45) is -4.42. The molecule has 1 aromatic carbocycles. The van der Waals surface area contributed by atoms with E-state index in [2.05, 4.69) is 31.4 Å². The maximum atomic E-state index is 13.0. The molecule has 21 heavy (non-hydrogen) atoms. The Bertz CT molecular complexity index is 637. The Morgan fingerprint density at radius 3 is 2.52 bits per heavy atom. The lowest BCUT2D eigenvalue weighted by molar-refractivity contribution is -0.138. The van der Waals surface area contributed by atoms with E-state index < -0.39 is 11.7 Å². The van der Waals surface area contributed by atoms with Crippen LogP contribution in [0.4, 0.5) is 19.1 Å². The van der Waals surface area contributed by atoms with Gasteiger partial charge in [0.1, 0.15) is 0 Å². The lowest BCUT2D eigenvalue weighted by Crippen LogP contribution is -2.08. The SMILES string of the molecule is CCNc1nnc(-c2ccc(Br)c(C(F)(F)F)c2)n1CC. The van der Waals surface area contributed by atoms with E-state index in [4.69, 9.17) is 0 Å². The van der Waals surface area contributed by atoms with Gasteiger partial charge in [-0.05, 0) is 26.0 Å². The summed E-state index contributed by atoms with van der Waals surface area (Å²) in [6, 6.07) is 4.04. The smallest absolute Gasteiger partial charge is 0.355 e. The Morgan fingerprint density at radius 1 is 1.24 bits per heavy atom. The van der Waals surface area contributed by atoms with Crippen LogP contribution in [-0.2, 0) is 12.7 Å². The molecular formula is C13H14BrF3N4. The highest BCUT2D eigenvalue weighted by molar-refractivity contribution is 9.10. The fourth-order valence-electron chi connectivity index (χ4n) is 1.99. The quantitative estimate of drug-likeness (QED) is 0.886. The van der Waals surface area contributed by atoms with Crippen molar-refractivity contribution in [2.24, 2.45) is 0 Å². The Hall–Kier alpha value is -1.57. The van der Waals surface area contributed by atoms with Crippen molar-refractivity contribution in [3.05, 3.63) is 28.2 Å². The van der Waals surface area contributed by atoms with Gasteiger partial charge in [0.2, 0.25) is 5.95 Å². The van der Waals surface area contributed by atoms with E-state index in [0.717, 1.165) is 6.07 Å². The summed E-state index contributed by atoms with van der Waals surface area (Å²) in [4.78, 5) is 0. The standard InChI is InChI=1S/C13H14BrF3N4/c1-3-18-12-20-19-11(21(12)4-2)8-5-6-10(14)9(7-8)13(15,16)17/h5-7H,3-4H2,1-2H3,(H,18,20). The molecule has 0 saturated carbocycles. The average molecular weight is 363 g/mol. The van der Waals surface area contributed by atoms with Crippen LogP contribution >= 0.6 is 15.9 Å². The molecule has 8 heteroatoms. The van der Waals surface area contributed by atoms with Crippen molar-refractivity contribution in [2.45, 2.75) is 26.6 Å². The van der Waals surface area contributed by atoms with Crippen LogP contribution in [0, 0.1) is 0 Å². The maximum Gasteiger partial charge on any atom is 0.417 e. The van der Waals surface area contributed by atoms with Crippen LogP contribution in [0.2, 0.25) is 0 Å².